The molecule has 2 rings (SSSR count). The molecule has 122 valence electrons. The highest BCUT2D eigenvalue weighted by Crippen LogP contribution is 2.09. The maximum absolute atomic E-state index is 10.6. The van der Waals surface area contributed by atoms with Gasteiger partial charge in [0.25, 0.3) is 0 Å². The van der Waals surface area contributed by atoms with Crippen LogP contribution in [0.4, 0.5) is 5.69 Å². The van der Waals surface area contributed by atoms with Gasteiger partial charge in [-0.1, -0.05) is 12.2 Å². The third kappa shape index (κ3) is 5.62. The number of nitro groups is 1. The molecule has 1 aromatic rings. The first-order valence-corrected chi connectivity index (χ1v) is 7.05. The van der Waals surface area contributed by atoms with Crippen molar-refractivity contribution in [2.45, 2.75) is 32.4 Å². The number of hydrogen-bond acceptors (Lipinski definition) is 4. The average molecular weight is 420 g/mol. The number of guanidine groups is 1. The van der Waals surface area contributed by atoms with Crippen LogP contribution in [0.25, 0.3) is 0 Å². The summed E-state index contributed by atoms with van der Waals surface area (Å²) >= 11 is 0. The van der Waals surface area contributed by atoms with Crippen molar-refractivity contribution in [1.29, 1.82) is 0 Å². The quantitative estimate of drug-likeness (QED) is 0.182. The lowest BCUT2D eigenvalue weighted by molar-refractivity contribution is -0.385. The molecule has 0 aliphatic heterocycles. The Balaban J connectivity index is 0.00000242. The molecule has 0 saturated heterocycles. The SMILES string of the molecule is CCNC(=NCCn1cc([N+](=O)[O-])cn1)NC1CC=CC1.I. The van der Waals surface area contributed by atoms with Gasteiger partial charge in [0.15, 0.2) is 5.96 Å². The predicted molar refractivity (Wildman–Crippen MR) is 95.6 cm³/mol. The van der Waals surface area contributed by atoms with Crippen molar-refractivity contribution in [3.8, 4) is 0 Å². The fraction of sp³-hybridized carbons (Fsp3) is 0.538. The third-order valence-corrected chi connectivity index (χ3v) is 3.12. The van der Waals surface area contributed by atoms with Crippen LogP contribution in [0.3, 0.4) is 0 Å². The number of nitrogens with one attached hydrogen (secondary N) is 2. The minimum atomic E-state index is -0.453. The Hall–Kier alpha value is -1.65. The molecule has 0 radical (unpaired) electrons. The molecule has 9 heteroatoms. The molecule has 0 fully saturated rings. The van der Waals surface area contributed by atoms with Crippen molar-refractivity contribution in [2.24, 2.45) is 4.99 Å². The normalized spacial score (nSPS) is 14.7. The minimum absolute atomic E-state index is 0. The van der Waals surface area contributed by atoms with Gasteiger partial charge in [-0.3, -0.25) is 19.8 Å². The summed E-state index contributed by atoms with van der Waals surface area (Å²) in [5.41, 5.74) is 0.000964. The first-order valence-electron chi connectivity index (χ1n) is 7.05. The zero-order chi connectivity index (χ0) is 15.1. The van der Waals surface area contributed by atoms with Gasteiger partial charge in [-0.05, 0) is 19.8 Å². The van der Waals surface area contributed by atoms with Crippen LogP contribution >= 0.6 is 24.0 Å². The molecule has 22 heavy (non-hydrogen) atoms. The van der Waals surface area contributed by atoms with Crippen LogP contribution < -0.4 is 10.6 Å². The summed E-state index contributed by atoms with van der Waals surface area (Å²) < 4.78 is 1.53. The van der Waals surface area contributed by atoms with Gasteiger partial charge < -0.3 is 10.6 Å². The number of nitrogens with zero attached hydrogens (tertiary/aromatic N) is 4. The molecule has 0 saturated carbocycles. The van der Waals surface area contributed by atoms with Crippen LogP contribution in [0.2, 0.25) is 0 Å². The molecule has 1 heterocycles. The lowest BCUT2D eigenvalue weighted by Gasteiger charge is -2.16. The van der Waals surface area contributed by atoms with E-state index in [1.807, 2.05) is 6.92 Å². The van der Waals surface area contributed by atoms with Crippen molar-refractivity contribution >= 4 is 35.6 Å². The van der Waals surface area contributed by atoms with Gasteiger partial charge in [0, 0.05) is 12.6 Å². The molecule has 1 aliphatic carbocycles. The Labute approximate surface area is 146 Å². The van der Waals surface area contributed by atoms with Crippen LogP contribution in [-0.4, -0.2) is 39.8 Å². The van der Waals surface area contributed by atoms with E-state index in [1.165, 1.54) is 17.1 Å². The van der Waals surface area contributed by atoms with Crippen LogP contribution in [0, 0.1) is 10.1 Å². The number of aliphatic imine (C=N–C) groups is 1. The molecule has 0 aromatic carbocycles. The Morgan fingerprint density at radius 1 is 1.55 bits per heavy atom. The highest BCUT2D eigenvalue weighted by molar-refractivity contribution is 14.0. The monoisotopic (exact) mass is 420 g/mol. The van der Waals surface area contributed by atoms with Crippen molar-refractivity contribution in [1.82, 2.24) is 20.4 Å². The number of rotatable bonds is 6. The molecule has 2 N–H and O–H groups in total. The maximum Gasteiger partial charge on any atom is 0.306 e. The van der Waals surface area contributed by atoms with Crippen LogP contribution in [0.15, 0.2) is 29.5 Å². The second-order valence-electron chi connectivity index (χ2n) is 4.76. The Kier molecular flexibility index (Phi) is 7.85. The number of aromatic nitrogens is 2. The highest BCUT2D eigenvalue weighted by atomic mass is 127. The Bertz CT molecular complexity index is 534. The molecular formula is C13H21IN6O2. The van der Waals surface area contributed by atoms with Gasteiger partial charge in [0.2, 0.25) is 0 Å². The molecular weight excluding hydrogens is 399 g/mol. The largest absolute Gasteiger partial charge is 0.357 e. The van der Waals surface area contributed by atoms with Crippen molar-refractivity contribution in [3.05, 3.63) is 34.7 Å². The molecule has 8 nitrogen and oxygen atoms in total. The zero-order valence-electron chi connectivity index (χ0n) is 12.4. The summed E-state index contributed by atoms with van der Waals surface area (Å²) in [5, 5.41) is 21.1. The summed E-state index contributed by atoms with van der Waals surface area (Å²) in [6, 6.07) is 0.397. The van der Waals surface area contributed by atoms with Gasteiger partial charge >= 0.3 is 5.69 Å². The van der Waals surface area contributed by atoms with E-state index >= 15 is 0 Å². The predicted octanol–water partition coefficient (Wildman–Crippen LogP) is 1.68. The number of hydrogen-bond donors (Lipinski definition) is 2. The molecule has 1 aliphatic rings. The van der Waals surface area contributed by atoms with E-state index in [-0.39, 0.29) is 29.7 Å². The molecule has 0 spiro atoms. The zero-order valence-corrected chi connectivity index (χ0v) is 14.8. The molecule has 0 bridgehead atoms. The number of halogens is 1. The van der Waals surface area contributed by atoms with E-state index in [4.69, 9.17) is 0 Å². The first-order chi connectivity index (χ1) is 10.2. The van der Waals surface area contributed by atoms with Gasteiger partial charge in [0.05, 0.1) is 18.0 Å². The fourth-order valence-corrected chi connectivity index (χ4v) is 2.08. The lowest BCUT2D eigenvalue weighted by atomic mass is 10.2. The fourth-order valence-electron chi connectivity index (χ4n) is 2.08. The van der Waals surface area contributed by atoms with E-state index in [0.717, 1.165) is 25.3 Å². The third-order valence-electron chi connectivity index (χ3n) is 3.12. The summed E-state index contributed by atoms with van der Waals surface area (Å²) in [7, 11) is 0. The highest BCUT2D eigenvalue weighted by Gasteiger charge is 2.11. The van der Waals surface area contributed by atoms with Gasteiger partial charge in [-0.25, -0.2) is 0 Å². The smallest absolute Gasteiger partial charge is 0.306 e. The van der Waals surface area contributed by atoms with Crippen molar-refractivity contribution in [3.63, 3.8) is 0 Å². The van der Waals surface area contributed by atoms with Crippen LogP contribution in [0.1, 0.15) is 19.8 Å². The van der Waals surface area contributed by atoms with E-state index < -0.39 is 4.92 Å². The van der Waals surface area contributed by atoms with E-state index in [0.29, 0.717) is 19.1 Å². The van der Waals surface area contributed by atoms with Crippen LogP contribution in [0.5, 0.6) is 0 Å². The van der Waals surface area contributed by atoms with Crippen molar-refractivity contribution < 1.29 is 4.92 Å². The molecule has 0 amide bonds. The Morgan fingerprint density at radius 2 is 2.27 bits per heavy atom. The van der Waals surface area contributed by atoms with E-state index in [2.05, 4.69) is 32.9 Å². The van der Waals surface area contributed by atoms with Gasteiger partial charge in [0.1, 0.15) is 12.4 Å². The summed E-state index contributed by atoms with van der Waals surface area (Å²) in [6.07, 6.45) is 8.99. The second kappa shape index (κ2) is 9.38. The van der Waals surface area contributed by atoms with Crippen LogP contribution in [-0.2, 0) is 6.54 Å². The second-order valence-corrected chi connectivity index (χ2v) is 4.76. The standard InChI is InChI=1S/C13H20N6O2.HI/c1-2-14-13(17-11-5-3-4-6-11)15-7-8-18-10-12(9-16-18)19(20)21;/h3-4,9-11H,2,5-8H2,1H3,(H2,14,15,17);1H. The van der Waals surface area contributed by atoms with Crippen molar-refractivity contribution in [2.75, 3.05) is 13.1 Å². The topological polar surface area (TPSA) is 97.4 Å². The molecule has 1 aromatic heterocycles. The van der Waals surface area contributed by atoms with Gasteiger partial charge in [-0.2, -0.15) is 5.10 Å². The summed E-state index contributed by atoms with van der Waals surface area (Å²) in [4.78, 5) is 14.6. The van der Waals surface area contributed by atoms with Gasteiger partial charge in [-0.15, -0.1) is 24.0 Å². The summed E-state index contributed by atoms with van der Waals surface area (Å²) in [6.45, 7) is 3.82. The maximum atomic E-state index is 10.6. The molecule has 0 unspecified atom stereocenters. The first kappa shape index (κ1) is 18.4. The molecule has 0 atom stereocenters. The average Bonchev–Trinajstić information content (AvgIpc) is 3.10. The van der Waals surface area contributed by atoms with E-state index in [9.17, 15) is 10.1 Å². The Morgan fingerprint density at radius 3 is 2.86 bits per heavy atom. The lowest BCUT2D eigenvalue weighted by Crippen LogP contribution is -2.42. The minimum Gasteiger partial charge on any atom is -0.357 e. The summed E-state index contributed by atoms with van der Waals surface area (Å²) in [5.74, 6) is 0.771. The van der Waals surface area contributed by atoms with E-state index in [1.54, 1.807) is 0 Å².